The van der Waals surface area contributed by atoms with Gasteiger partial charge in [0, 0.05) is 25.8 Å². The molecule has 0 aliphatic heterocycles. The zero-order valence-corrected chi connectivity index (χ0v) is 13.6. The molecule has 22 heavy (non-hydrogen) atoms. The first-order valence-electron chi connectivity index (χ1n) is 6.71. The van der Waals surface area contributed by atoms with E-state index >= 15 is 0 Å². The number of benzene rings is 1. The first kappa shape index (κ1) is 18.4. The van der Waals surface area contributed by atoms with E-state index in [-0.39, 0.29) is 29.0 Å². The molecule has 0 saturated heterocycles. The molecule has 2 aromatic rings. The number of hydrogen-bond acceptors (Lipinski definition) is 4. The van der Waals surface area contributed by atoms with E-state index < -0.39 is 0 Å². The van der Waals surface area contributed by atoms with E-state index in [4.69, 9.17) is 17.3 Å². The molecule has 1 aromatic heterocycles. The second-order valence-electron chi connectivity index (χ2n) is 4.54. The molecule has 5 nitrogen and oxygen atoms in total. The Morgan fingerprint density at radius 3 is 2.59 bits per heavy atom. The van der Waals surface area contributed by atoms with Crippen molar-refractivity contribution in [2.75, 3.05) is 19.6 Å². The third-order valence-corrected chi connectivity index (χ3v) is 3.35. The van der Waals surface area contributed by atoms with Gasteiger partial charge in [0.05, 0.1) is 5.02 Å². The summed E-state index contributed by atoms with van der Waals surface area (Å²) in [5, 5.41) is 0.254. The Labute approximate surface area is 140 Å². The second-order valence-corrected chi connectivity index (χ2v) is 4.94. The van der Waals surface area contributed by atoms with Gasteiger partial charge in [0.1, 0.15) is 12.0 Å². The van der Waals surface area contributed by atoms with Crippen molar-refractivity contribution >= 4 is 29.9 Å². The van der Waals surface area contributed by atoms with Gasteiger partial charge < -0.3 is 10.6 Å². The molecule has 118 valence electrons. The summed E-state index contributed by atoms with van der Waals surface area (Å²) in [6, 6.07) is 9.98. The molecule has 7 heteroatoms. The lowest BCUT2D eigenvalue weighted by Crippen LogP contribution is -2.37. The first-order valence-corrected chi connectivity index (χ1v) is 7.09. The van der Waals surface area contributed by atoms with Gasteiger partial charge in [-0.1, -0.05) is 41.9 Å². The maximum absolute atomic E-state index is 12.5. The van der Waals surface area contributed by atoms with Crippen LogP contribution < -0.4 is 5.73 Å². The predicted molar refractivity (Wildman–Crippen MR) is 89.4 cm³/mol. The highest BCUT2D eigenvalue weighted by Crippen LogP contribution is 2.13. The largest absolute Gasteiger partial charge is 0.336 e. The Kier molecular flexibility index (Phi) is 7.80. The van der Waals surface area contributed by atoms with Crippen LogP contribution in [0.4, 0.5) is 0 Å². The van der Waals surface area contributed by atoms with Crippen LogP contribution in [-0.2, 0) is 6.42 Å². The van der Waals surface area contributed by atoms with Gasteiger partial charge in [0.2, 0.25) is 0 Å². The predicted octanol–water partition coefficient (Wildman–Crippen LogP) is 2.20. The molecule has 1 aromatic carbocycles. The molecule has 0 radical (unpaired) electrons. The summed E-state index contributed by atoms with van der Waals surface area (Å²) in [5.74, 6) is -0.219. The smallest absolute Gasteiger partial charge is 0.274 e. The fraction of sp³-hybridized carbons (Fsp3) is 0.267. The molecular formula is C15H18Cl2N4O. The Hall–Kier alpha value is -1.69. The molecule has 2 rings (SSSR count). The van der Waals surface area contributed by atoms with Crippen LogP contribution in [0.25, 0.3) is 0 Å². The van der Waals surface area contributed by atoms with Crippen LogP contribution in [0.5, 0.6) is 0 Å². The Balaban J connectivity index is 0.00000242. The molecule has 2 N–H and O–H groups in total. The third-order valence-electron chi connectivity index (χ3n) is 3.07. The van der Waals surface area contributed by atoms with Crippen molar-refractivity contribution in [1.29, 1.82) is 0 Å². The Bertz CT molecular complexity index is 595. The van der Waals surface area contributed by atoms with Crippen LogP contribution in [0.3, 0.4) is 0 Å². The molecule has 0 aliphatic carbocycles. The van der Waals surface area contributed by atoms with Crippen molar-refractivity contribution in [2.45, 2.75) is 6.42 Å². The number of carbonyl (C=O) groups excluding carboxylic acids is 1. The fourth-order valence-electron chi connectivity index (χ4n) is 2.00. The van der Waals surface area contributed by atoms with E-state index in [0.717, 1.165) is 6.42 Å². The summed E-state index contributed by atoms with van der Waals surface area (Å²) in [6.45, 7) is 1.43. The zero-order valence-electron chi connectivity index (χ0n) is 12.0. The SMILES string of the molecule is Cl.NCCN(CCc1ccccc1)C(=O)c1ncncc1Cl. The summed E-state index contributed by atoms with van der Waals surface area (Å²) in [4.78, 5) is 21.9. The topological polar surface area (TPSA) is 72.1 Å². The van der Waals surface area contributed by atoms with Crippen molar-refractivity contribution in [1.82, 2.24) is 14.9 Å². The number of amides is 1. The molecule has 0 bridgehead atoms. The van der Waals surface area contributed by atoms with Crippen LogP contribution in [-0.4, -0.2) is 40.4 Å². The second kappa shape index (κ2) is 9.35. The van der Waals surface area contributed by atoms with Gasteiger partial charge in [-0.25, -0.2) is 9.97 Å². The van der Waals surface area contributed by atoms with E-state index in [1.54, 1.807) is 4.90 Å². The highest BCUT2D eigenvalue weighted by molar-refractivity contribution is 6.33. The maximum Gasteiger partial charge on any atom is 0.274 e. The minimum absolute atomic E-state index is 0. The molecule has 0 aliphatic rings. The minimum Gasteiger partial charge on any atom is -0.336 e. The van der Waals surface area contributed by atoms with E-state index in [9.17, 15) is 4.79 Å². The lowest BCUT2D eigenvalue weighted by molar-refractivity contribution is 0.0756. The Morgan fingerprint density at radius 2 is 1.95 bits per heavy atom. The summed E-state index contributed by atoms with van der Waals surface area (Å²) in [5.41, 5.74) is 6.98. The Morgan fingerprint density at radius 1 is 1.23 bits per heavy atom. The summed E-state index contributed by atoms with van der Waals surface area (Å²) in [7, 11) is 0. The number of nitrogens with zero attached hydrogens (tertiary/aromatic N) is 3. The number of carbonyl (C=O) groups is 1. The van der Waals surface area contributed by atoms with Gasteiger partial charge in [-0.15, -0.1) is 12.4 Å². The number of halogens is 2. The van der Waals surface area contributed by atoms with Gasteiger partial charge in [0.25, 0.3) is 5.91 Å². The van der Waals surface area contributed by atoms with Gasteiger partial charge in [-0.05, 0) is 12.0 Å². The standard InChI is InChI=1S/C15H17ClN4O.ClH/c16-13-10-18-11-19-14(13)15(21)20(9-7-17)8-6-12-4-2-1-3-5-12;/h1-5,10-11H,6-9,17H2;1H. The monoisotopic (exact) mass is 340 g/mol. The van der Waals surface area contributed by atoms with Crippen molar-refractivity contribution in [2.24, 2.45) is 5.73 Å². The van der Waals surface area contributed by atoms with E-state index in [1.165, 1.54) is 18.1 Å². The van der Waals surface area contributed by atoms with Crippen molar-refractivity contribution < 1.29 is 4.79 Å². The summed E-state index contributed by atoms with van der Waals surface area (Å²) < 4.78 is 0. The van der Waals surface area contributed by atoms with Gasteiger partial charge in [-0.2, -0.15) is 0 Å². The molecule has 0 fully saturated rings. The van der Waals surface area contributed by atoms with Crippen LogP contribution in [0.1, 0.15) is 16.1 Å². The molecule has 1 heterocycles. The van der Waals surface area contributed by atoms with Crippen molar-refractivity contribution in [3.8, 4) is 0 Å². The third kappa shape index (κ3) is 4.94. The highest BCUT2D eigenvalue weighted by atomic mass is 35.5. The van der Waals surface area contributed by atoms with Gasteiger partial charge in [-0.3, -0.25) is 4.79 Å². The van der Waals surface area contributed by atoms with E-state index in [1.807, 2.05) is 30.3 Å². The lowest BCUT2D eigenvalue weighted by atomic mass is 10.1. The fourth-order valence-corrected chi connectivity index (χ4v) is 2.19. The van der Waals surface area contributed by atoms with Crippen molar-refractivity contribution in [3.63, 3.8) is 0 Å². The molecule has 0 saturated carbocycles. The van der Waals surface area contributed by atoms with Crippen LogP contribution in [0, 0.1) is 0 Å². The summed E-state index contributed by atoms with van der Waals surface area (Å²) >= 11 is 5.98. The molecule has 0 atom stereocenters. The average molecular weight is 341 g/mol. The molecule has 1 amide bonds. The van der Waals surface area contributed by atoms with Gasteiger partial charge in [0.15, 0.2) is 0 Å². The zero-order chi connectivity index (χ0) is 15.1. The van der Waals surface area contributed by atoms with E-state index in [2.05, 4.69) is 9.97 Å². The van der Waals surface area contributed by atoms with Crippen LogP contribution >= 0.6 is 24.0 Å². The van der Waals surface area contributed by atoms with Crippen LogP contribution in [0.2, 0.25) is 5.02 Å². The van der Waals surface area contributed by atoms with Crippen LogP contribution in [0.15, 0.2) is 42.9 Å². The molecule has 0 unspecified atom stereocenters. The maximum atomic E-state index is 12.5. The van der Waals surface area contributed by atoms with Gasteiger partial charge >= 0.3 is 0 Å². The van der Waals surface area contributed by atoms with Crippen molar-refractivity contribution in [3.05, 3.63) is 59.1 Å². The highest BCUT2D eigenvalue weighted by Gasteiger charge is 2.19. The molecule has 0 spiro atoms. The normalized spacial score (nSPS) is 9.91. The first-order chi connectivity index (χ1) is 10.2. The average Bonchev–Trinajstić information content (AvgIpc) is 2.52. The number of rotatable bonds is 6. The lowest BCUT2D eigenvalue weighted by Gasteiger charge is -2.22. The summed E-state index contributed by atoms with van der Waals surface area (Å²) in [6.07, 6.45) is 3.49. The number of hydrogen-bond donors (Lipinski definition) is 1. The number of nitrogens with two attached hydrogens (primary N) is 1. The van der Waals surface area contributed by atoms with E-state index in [0.29, 0.717) is 19.6 Å². The minimum atomic E-state index is -0.219. The number of aromatic nitrogens is 2. The molecular weight excluding hydrogens is 323 g/mol. The quantitative estimate of drug-likeness (QED) is 0.874.